The van der Waals surface area contributed by atoms with Gasteiger partial charge in [0.2, 0.25) is 0 Å². The standard InChI is InChI=1S/C12H14.C12H12/c1-2-6-11(7-3-1)10-12-8-4-5-9-12;1-2-3-4-6-9-12-10-7-5-8-11-12/h1-3,6-7,10H,4-5,8-9H2;2-11H,1H2. The molecular weight excluding hydrogens is 288 g/mol. The molecule has 3 rings (SSSR count). The largest absolute Gasteiger partial charge is 0.0991 e. The average molecular weight is 314 g/mol. The first-order chi connectivity index (χ1) is 11.9. The predicted molar refractivity (Wildman–Crippen MR) is 108 cm³/mol. The lowest BCUT2D eigenvalue weighted by Gasteiger charge is -1.95. The molecule has 0 spiro atoms. The molecule has 1 aliphatic rings. The zero-order valence-corrected chi connectivity index (χ0v) is 14.3. The predicted octanol–water partition coefficient (Wildman–Crippen LogP) is 7.09. The molecule has 1 saturated carbocycles. The quantitative estimate of drug-likeness (QED) is 0.529. The highest BCUT2D eigenvalue weighted by molar-refractivity contribution is 5.53. The topological polar surface area (TPSA) is 0 Å². The summed E-state index contributed by atoms with van der Waals surface area (Å²) in [5.74, 6) is 0. The molecule has 0 saturated heterocycles. The maximum absolute atomic E-state index is 3.58. The van der Waals surface area contributed by atoms with E-state index in [0.717, 1.165) is 0 Å². The van der Waals surface area contributed by atoms with Crippen molar-refractivity contribution >= 4 is 12.2 Å². The Morgan fingerprint density at radius 1 is 0.667 bits per heavy atom. The monoisotopic (exact) mass is 314 g/mol. The third-order valence-electron chi connectivity index (χ3n) is 3.86. The van der Waals surface area contributed by atoms with Crippen molar-refractivity contribution in [1.82, 2.24) is 0 Å². The van der Waals surface area contributed by atoms with Crippen molar-refractivity contribution in [3.63, 3.8) is 0 Å². The Morgan fingerprint density at radius 2 is 1.25 bits per heavy atom. The number of rotatable bonds is 4. The molecular formula is C24H26. The zero-order chi connectivity index (χ0) is 16.9. The van der Waals surface area contributed by atoms with E-state index in [9.17, 15) is 0 Å². The van der Waals surface area contributed by atoms with E-state index in [2.05, 4.69) is 61.2 Å². The Kier molecular flexibility index (Phi) is 8.15. The van der Waals surface area contributed by atoms with Crippen molar-refractivity contribution in [3.05, 3.63) is 108 Å². The van der Waals surface area contributed by atoms with Gasteiger partial charge in [-0.15, -0.1) is 0 Å². The summed E-state index contributed by atoms with van der Waals surface area (Å²) in [6.07, 6.45) is 17.4. The van der Waals surface area contributed by atoms with Crippen LogP contribution in [0.2, 0.25) is 0 Å². The van der Waals surface area contributed by atoms with Gasteiger partial charge in [0.05, 0.1) is 0 Å². The number of hydrogen-bond donors (Lipinski definition) is 0. The van der Waals surface area contributed by atoms with Crippen LogP contribution in [0.3, 0.4) is 0 Å². The van der Waals surface area contributed by atoms with Crippen LogP contribution in [-0.2, 0) is 0 Å². The summed E-state index contributed by atoms with van der Waals surface area (Å²) in [5, 5.41) is 0. The van der Waals surface area contributed by atoms with Gasteiger partial charge >= 0.3 is 0 Å². The molecule has 24 heavy (non-hydrogen) atoms. The molecule has 1 aliphatic carbocycles. The molecule has 122 valence electrons. The van der Waals surface area contributed by atoms with Crippen LogP contribution in [0, 0.1) is 0 Å². The summed E-state index contributed by atoms with van der Waals surface area (Å²) in [7, 11) is 0. The van der Waals surface area contributed by atoms with E-state index in [1.165, 1.54) is 36.8 Å². The normalized spacial score (nSPS) is 13.8. The highest BCUT2D eigenvalue weighted by atomic mass is 14.1. The molecule has 0 aliphatic heterocycles. The number of hydrogen-bond acceptors (Lipinski definition) is 0. The molecule has 0 heteroatoms. The summed E-state index contributed by atoms with van der Waals surface area (Å²) in [6.45, 7) is 3.58. The molecule has 0 atom stereocenters. The maximum atomic E-state index is 3.58. The van der Waals surface area contributed by atoms with E-state index in [0.29, 0.717) is 0 Å². The molecule has 0 amide bonds. The van der Waals surface area contributed by atoms with E-state index in [1.807, 2.05) is 36.4 Å². The van der Waals surface area contributed by atoms with Crippen LogP contribution in [0.15, 0.2) is 97.1 Å². The first kappa shape index (κ1) is 17.7. The van der Waals surface area contributed by atoms with E-state index >= 15 is 0 Å². The van der Waals surface area contributed by atoms with Gasteiger partial charge in [-0.25, -0.2) is 0 Å². The Bertz CT molecular complexity index is 664. The summed E-state index contributed by atoms with van der Waals surface area (Å²) in [6, 6.07) is 20.8. The van der Waals surface area contributed by atoms with Crippen molar-refractivity contribution in [2.24, 2.45) is 0 Å². The fourth-order valence-electron chi connectivity index (χ4n) is 2.63. The minimum absolute atomic E-state index is 1.21. The average Bonchev–Trinajstić information content (AvgIpc) is 3.14. The molecule has 0 radical (unpaired) electrons. The van der Waals surface area contributed by atoms with Gasteiger partial charge in [-0.05, 0) is 36.8 Å². The van der Waals surface area contributed by atoms with Crippen molar-refractivity contribution in [3.8, 4) is 0 Å². The molecule has 0 nitrogen and oxygen atoms in total. The first-order valence-electron chi connectivity index (χ1n) is 8.64. The third-order valence-corrected chi connectivity index (χ3v) is 3.86. The number of benzene rings is 2. The van der Waals surface area contributed by atoms with Crippen LogP contribution in [0.5, 0.6) is 0 Å². The second-order valence-corrected chi connectivity index (χ2v) is 5.81. The van der Waals surface area contributed by atoms with Gasteiger partial charge in [0.1, 0.15) is 0 Å². The summed E-state index contributed by atoms with van der Waals surface area (Å²) >= 11 is 0. The van der Waals surface area contributed by atoms with E-state index in [4.69, 9.17) is 0 Å². The van der Waals surface area contributed by atoms with Crippen LogP contribution in [0.1, 0.15) is 36.8 Å². The lowest BCUT2D eigenvalue weighted by Crippen LogP contribution is -1.73. The molecule has 0 unspecified atom stereocenters. The van der Waals surface area contributed by atoms with E-state index < -0.39 is 0 Å². The molecule has 1 fully saturated rings. The molecule has 0 heterocycles. The van der Waals surface area contributed by atoms with Gasteiger partial charge < -0.3 is 0 Å². The van der Waals surface area contributed by atoms with E-state index in [1.54, 1.807) is 11.6 Å². The highest BCUT2D eigenvalue weighted by Crippen LogP contribution is 2.25. The molecule has 2 aromatic rings. The van der Waals surface area contributed by atoms with E-state index in [-0.39, 0.29) is 0 Å². The molecule has 2 aromatic carbocycles. The highest BCUT2D eigenvalue weighted by Gasteiger charge is 2.05. The van der Waals surface area contributed by atoms with Crippen LogP contribution >= 0.6 is 0 Å². The van der Waals surface area contributed by atoms with Crippen molar-refractivity contribution < 1.29 is 0 Å². The summed E-state index contributed by atoms with van der Waals surface area (Å²) in [4.78, 5) is 0. The van der Waals surface area contributed by atoms with Gasteiger partial charge in [-0.3, -0.25) is 0 Å². The molecule has 0 aromatic heterocycles. The smallest absolute Gasteiger partial charge is 0.0257 e. The Hall–Kier alpha value is -2.60. The summed E-state index contributed by atoms with van der Waals surface area (Å²) < 4.78 is 0. The van der Waals surface area contributed by atoms with Gasteiger partial charge in [-0.2, -0.15) is 0 Å². The summed E-state index contributed by atoms with van der Waals surface area (Å²) in [5.41, 5.74) is 4.20. The minimum Gasteiger partial charge on any atom is -0.0991 e. The van der Waals surface area contributed by atoms with Crippen LogP contribution in [0.25, 0.3) is 12.2 Å². The van der Waals surface area contributed by atoms with Gasteiger partial charge in [0.25, 0.3) is 0 Å². The SMILES string of the molecule is C(=C1CCCC1)c1ccccc1.C=CC=CC=Cc1ccccc1. The van der Waals surface area contributed by atoms with Crippen molar-refractivity contribution in [2.45, 2.75) is 25.7 Å². The van der Waals surface area contributed by atoms with Gasteiger partial charge in [0.15, 0.2) is 0 Å². The van der Waals surface area contributed by atoms with Crippen LogP contribution in [0.4, 0.5) is 0 Å². The third kappa shape index (κ3) is 7.11. The molecule has 0 N–H and O–H groups in total. The van der Waals surface area contributed by atoms with Crippen molar-refractivity contribution in [2.75, 3.05) is 0 Å². The fraction of sp³-hybridized carbons (Fsp3) is 0.167. The first-order valence-corrected chi connectivity index (χ1v) is 8.64. The fourth-order valence-corrected chi connectivity index (χ4v) is 2.63. The maximum Gasteiger partial charge on any atom is -0.0257 e. The zero-order valence-electron chi connectivity index (χ0n) is 14.3. The van der Waals surface area contributed by atoms with Gasteiger partial charge in [-0.1, -0.05) is 109 Å². The Labute approximate surface area is 146 Å². The van der Waals surface area contributed by atoms with Gasteiger partial charge in [0, 0.05) is 0 Å². The Morgan fingerprint density at radius 3 is 1.83 bits per heavy atom. The Balaban J connectivity index is 0.000000174. The molecule has 0 bridgehead atoms. The van der Waals surface area contributed by atoms with Crippen LogP contribution < -0.4 is 0 Å². The minimum atomic E-state index is 1.21. The lowest BCUT2D eigenvalue weighted by atomic mass is 10.1. The van der Waals surface area contributed by atoms with Crippen LogP contribution in [-0.4, -0.2) is 0 Å². The number of allylic oxidation sites excluding steroid dienone is 5. The second-order valence-electron chi connectivity index (χ2n) is 5.81. The van der Waals surface area contributed by atoms with Crippen molar-refractivity contribution in [1.29, 1.82) is 0 Å². The lowest BCUT2D eigenvalue weighted by molar-refractivity contribution is 0.886. The second kappa shape index (κ2) is 11.0.